The summed E-state index contributed by atoms with van der Waals surface area (Å²) in [6, 6.07) is 7.06. The number of carbonyl (C=O) groups excluding carboxylic acids is 2. The van der Waals surface area contributed by atoms with Crippen molar-refractivity contribution in [2.24, 2.45) is 5.41 Å². The molecule has 9 nitrogen and oxygen atoms in total. The number of carboxylic acids is 1. The Kier molecular flexibility index (Phi) is 6.68. The van der Waals surface area contributed by atoms with E-state index >= 15 is 0 Å². The Morgan fingerprint density at radius 3 is 2.53 bits per heavy atom. The highest BCUT2D eigenvalue weighted by molar-refractivity contribution is 5.97. The average Bonchev–Trinajstić information content (AvgIpc) is 3.33. The summed E-state index contributed by atoms with van der Waals surface area (Å²) in [6.07, 6.45) is 3.79. The van der Waals surface area contributed by atoms with E-state index in [2.05, 4.69) is 10.3 Å². The first-order chi connectivity index (χ1) is 15.3. The summed E-state index contributed by atoms with van der Waals surface area (Å²) in [5, 5.41) is 16.3. The first kappa shape index (κ1) is 23.5. The van der Waals surface area contributed by atoms with E-state index in [9.17, 15) is 19.5 Å². The van der Waals surface area contributed by atoms with Crippen molar-refractivity contribution in [2.45, 2.75) is 45.6 Å². The Hall–Kier alpha value is -3.20. The third-order valence-corrected chi connectivity index (χ3v) is 6.40. The number of benzene rings is 1. The SMILES string of the molecule is CCCC(=O)N1CC[C@](C)(C(=O)O)[C@](C(=O)NC)(c2ccccc2-c2cocn2)N1CC. The van der Waals surface area contributed by atoms with Gasteiger partial charge in [-0.2, -0.15) is 5.01 Å². The molecule has 0 radical (unpaired) electrons. The van der Waals surface area contributed by atoms with Gasteiger partial charge >= 0.3 is 5.97 Å². The van der Waals surface area contributed by atoms with Crippen molar-refractivity contribution in [1.82, 2.24) is 20.3 Å². The summed E-state index contributed by atoms with van der Waals surface area (Å²) >= 11 is 0. The quantitative estimate of drug-likeness (QED) is 0.677. The molecule has 2 N–H and O–H groups in total. The zero-order valence-electron chi connectivity index (χ0n) is 18.9. The molecule has 2 amide bonds. The van der Waals surface area contributed by atoms with Crippen LogP contribution in [0.2, 0.25) is 0 Å². The van der Waals surface area contributed by atoms with E-state index in [0.29, 0.717) is 29.7 Å². The lowest BCUT2D eigenvalue weighted by atomic mass is 9.61. The molecule has 0 aliphatic carbocycles. The first-order valence-electron chi connectivity index (χ1n) is 10.8. The Balaban J connectivity index is 2.41. The van der Waals surface area contributed by atoms with Crippen LogP contribution in [0.4, 0.5) is 0 Å². The molecule has 9 heteroatoms. The molecule has 2 heterocycles. The minimum absolute atomic E-state index is 0.106. The minimum Gasteiger partial charge on any atom is -0.481 e. The third kappa shape index (κ3) is 3.37. The number of likely N-dealkylation sites (N-methyl/N-ethyl adjacent to an activating group) is 2. The summed E-state index contributed by atoms with van der Waals surface area (Å²) in [5.41, 5.74) is -1.75. The molecule has 1 aromatic carbocycles. The van der Waals surface area contributed by atoms with Crippen molar-refractivity contribution < 1.29 is 23.9 Å². The van der Waals surface area contributed by atoms with E-state index in [1.807, 2.05) is 13.8 Å². The fraction of sp³-hybridized carbons (Fsp3) is 0.478. The molecule has 1 fully saturated rings. The molecule has 1 aliphatic heterocycles. The number of carboxylic acid groups (broad SMARTS) is 1. The van der Waals surface area contributed by atoms with Crippen LogP contribution in [0.1, 0.15) is 45.6 Å². The van der Waals surface area contributed by atoms with Gasteiger partial charge < -0.3 is 14.8 Å². The second-order valence-electron chi connectivity index (χ2n) is 8.08. The molecule has 2 atom stereocenters. The van der Waals surface area contributed by atoms with Crippen molar-refractivity contribution in [3.63, 3.8) is 0 Å². The molecule has 0 unspecified atom stereocenters. The molecule has 0 spiro atoms. The lowest BCUT2D eigenvalue weighted by molar-refractivity contribution is -0.217. The highest BCUT2D eigenvalue weighted by Crippen LogP contribution is 2.53. The second kappa shape index (κ2) is 9.12. The number of aliphatic carboxylic acids is 1. The number of hydrazine groups is 1. The van der Waals surface area contributed by atoms with E-state index in [-0.39, 0.29) is 25.4 Å². The third-order valence-electron chi connectivity index (χ3n) is 6.40. The summed E-state index contributed by atoms with van der Waals surface area (Å²) in [5.74, 6) is -1.76. The van der Waals surface area contributed by atoms with Crippen LogP contribution >= 0.6 is 0 Å². The molecule has 2 aromatic rings. The normalized spacial score (nSPS) is 23.7. The molecule has 1 saturated heterocycles. The summed E-state index contributed by atoms with van der Waals surface area (Å²) in [6.45, 7) is 5.76. The van der Waals surface area contributed by atoms with Gasteiger partial charge in [-0.3, -0.25) is 19.4 Å². The number of nitrogens with zero attached hydrogens (tertiary/aromatic N) is 3. The number of hydrogen-bond acceptors (Lipinski definition) is 6. The minimum atomic E-state index is -1.71. The van der Waals surface area contributed by atoms with Crippen LogP contribution in [0.3, 0.4) is 0 Å². The number of hydrogen-bond donors (Lipinski definition) is 2. The number of amides is 2. The number of oxazole rings is 1. The van der Waals surface area contributed by atoms with E-state index in [0.717, 1.165) is 0 Å². The second-order valence-corrected chi connectivity index (χ2v) is 8.08. The summed E-state index contributed by atoms with van der Waals surface area (Å²) < 4.78 is 5.17. The monoisotopic (exact) mass is 442 g/mol. The maximum absolute atomic E-state index is 13.8. The molecule has 32 heavy (non-hydrogen) atoms. The number of nitrogens with one attached hydrogen (secondary N) is 1. The van der Waals surface area contributed by atoms with Gasteiger partial charge in [-0.05, 0) is 25.3 Å². The maximum atomic E-state index is 13.8. The largest absolute Gasteiger partial charge is 0.481 e. The van der Waals surface area contributed by atoms with Gasteiger partial charge in [0.1, 0.15) is 17.4 Å². The fourth-order valence-electron chi connectivity index (χ4n) is 4.84. The fourth-order valence-corrected chi connectivity index (χ4v) is 4.84. The van der Waals surface area contributed by atoms with Crippen LogP contribution in [0, 0.1) is 5.41 Å². The van der Waals surface area contributed by atoms with Gasteiger partial charge in [0.2, 0.25) is 11.8 Å². The van der Waals surface area contributed by atoms with Crippen LogP contribution in [0.5, 0.6) is 0 Å². The number of aromatic nitrogens is 1. The molecular weight excluding hydrogens is 412 g/mol. The topological polar surface area (TPSA) is 116 Å². The summed E-state index contributed by atoms with van der Waals surface area (Å²) in [7, 11) is 1.48. The molecule has 0 bridgehead atoms. The molecule has 3 rings (SSSR count). The predicted molar refractivity (Wildman–Crippen MR) is 117 cm³/mol. The Morgan fingerprint density at radius 2 is 1.97 bits per heavy atom. The van der Waals surface area contributed by atoms with Gasteiger partial charge in [-0.25, -0.2) is 4.98 Å². The van der Waals surface area contributed by atoms with Crippen molar-refractivity contribution in [2.75, 3.05) is 20.1 Å². The van der Waals surface area contributed by atoms with Gasteiger partial charge in [0.15, 0.2) is 11.9 Å². The number of carbonyl (C=O) groups is 3. The van der Waals surface area contributed by atoms with Crippen LogP contribution in [-0.4, -0.2) is 58.0 Å². The van der Waals surface area contributed by atoms with Crippen molar-refractivity contribution >= 4 is 17.8 Å². The van der Waals surface area contributed by atoms with Crippen LogP contribution in [0.25, 0.3) is 11.3 Å². The van der Waals surface area contributed by atoms with Crippen molar-refractivity contribution in [3.05, 3.63) is 42.5 Å². The van der Waals surface area contributed by atoms with Crippen molar-refractivity contribution in [1.29, 1.82) is 0 Å². The molecule has 1 aromatic heterocycles. The van der Waals surface area contributed by atoms with E-state index in [1.165, 1.54) is 19.7 Å². The van der Waals surface area contributed by atoms with Crippen LogP contribution in [0.15, 0.2) is 41.3 Å². The van der Waals surface area contributed by atoms with Crippen LogP contribution in [-0.2, 0) is 19.9 Å². The van der Waals surface area contributed by atoms with Crippen LogP contribution < -0.4 is 5.32 Å². The zero-order chi connectivity index (χ0) is 23.5. The lowest BCUT2D eigenvalue weighted by Gasteiger charge is -2.58. The first-order valence-corrected chi connectivity index (χ1v) is 10.8. The van der Waals surface area contributed by atoms with Gasteiger partial charge in [-0.15, -0.1) is 0 Å². The molecule has 1 aliphatic rings. The van der Waals surface area contributed by atoms with E-state index in [4.69, 9.17) is 4.42 Å². The van der Waals surface area contributed by atoms with Gasteiger partial charge in [0, 0.05) is 32.1 Å². The summed E-state index contributed by atoms with van der Waals surface area (Å²) in [4.78, 5) is 43.9. The molecular formula is C23H30N4O5. The Bertz CT molecular complexity index is 992. The maximum Gasteiger partial charge on any atom is 0.312 e. The highest BCUT2D eigenvalue weighted by atomic mass is 16.4. The van der Waals surface area contributed by atoms with E-state index in [1.54, 1.807) is 41.2 Å². The van der Waals surface area contributed by atoms with Gasteiger partial charge in [0.25, 0.3) is 0 Å². The zero-order valence-corrected chi connectivity index (χ0v) is 18.9. The number of rotatable bonds is 7. The lowest BCUT2D eigenvalue weighted by Crippen LogP contribution is -2.74. The van der Waals surface area contributed by atoms with Gasteiger partial charge in [0.05, 0.1) is 0 Å². The highest BCUT2D eigenvalue weighted by Gasteiger charge is 2.66. The average molecular weight is 443 g/mol. The van der Waals surface area contributed by atoms with Gasteiger partial charge in [-0.1, -0.05) is 38.1 Å². The molecule has 0 saturated carbocycles. The Labute approximate surface area is 187 Å². The predicted octanol–water partition coefficient (Wildman–Crippen LogP) is 2.64. The van der Waals surface area contributed by atoms with E-state index < -0.39 is 22.8 Å². The molecule has 172 valence electrons. The smallest absolute Gasteiger partial charge is 0.312 e. The van der Waals surface area contributed by atoms with Crippen molar-refractivity contribution in [3.8, 4) is 11.3 Å². The Morgan fingerprint density at radius 1 is 1.25 bits per heavy atom. The standard InChI is InChI=1S/C23H30N4O5/c1-5-9-19(28)26-13-12-22(3,21(30)31)23(20(29)24-4,27(26)6-2)17-11-8-7-10-16(17)18-14-32-15-25-18/h7-8,10-11,14-15H,5-6,9,12-13H2,1-4H3,(H,24,29)(H,30,31)/t22-,23-/m1/s1.